The lowest BCUT2D eigenvalue weighted by Gasteiger charge is -2.32. The SMILES string of the molecule is CN1CCN(S(=O)(=O)c2ccccc2CNc2ccc(Br)cn2)CC1. The first-order valence-electron chi connectivity index (χ1n) is 8.09. The standard InChI is InChI=1S/C17H21BrN4O2S/c1-21-8-10-22(11-9-21)25(23,24)16-5-3-2-4-14(16)12-19-17-7-6-15(18)13-20-17/h2-7,13H,8-12H2,1H3,(H,19,20). The number of piperazine rings is 1. The van der Waals surface area contributed by atoms with Gasteiger partial charge in [0.15, 0.2) is 0 Å². The summed E-state index contributed by atoms with van der Waals surface area (Å²) < 4.78 is 28.5. The molecule has 2 aromatic rings. The molecule has 1 fully saturated rings. The first kappa shape index (κ1) is 18.3. The topological polar surface area (TPSA) is 65.5 Å². The van der Waals surface area contributed by atoms with Crippen molar-refractivity contribution in [1.29, 1.82) is 0 Å². The van der Waals surface area contributed by atoms with Crippen LogP contribution in [-0.4, -0.2) is 55.8 Å². The van der Waals surface area contributed by atoms with Gasteiger partial charge in [0.05, 0.1) is 4.90 Å². The third-order valence-corrected chi connectivity index (χ3v) is 6.71. The first-order valence-corrected chi connectivity index (χ1v) is 10.3. The van der Waals surface area contributed by atoms with Gasteiger partial charge in [-0.15, -0.1) is 0 Å². The fourth-order valence-corrected chi connectivity index (χ4v) is 4.61. The van der Waals surface area contributed by atoms with Crippen LogP contribution >= 0.6 is 15.9 Å². The van der Waals surface area contributed by atoms with Crippen molar-refractivity contribution in [3.63, 3.8) is 0 Å². The van der Waals surface area contributed by atoms with Crippen molar-refractivity contribution in [2.24, 2.45) is 0 Å². The lowest BCUT2D eigenvalue weighted by atomic mass is 10.2. The second kappa shape index (κ2) is 7.82. The van der Waals surface area contributed by atoms with Crippen LogP contribution in [0.15, 0.2) is 52.0 Å². The second-order valence-corrected chi connectivity index (χ2v) is 8.85. The van der Waals surface area contributed by atoms with E-state index < -0.39 is 10.0 Å². The van der Waals surface area contributed by atoms with E-state index in [1.807, 2.05) is 31.3 Å². The van der Waals surface area contributed by atoms with Crippen LogP contribution in [-0.2, 0) is 16.6 Å². The molecule has 8 heteroatoms. The van der Waals surface area contributed by atoms with Gasteiger partial charge in [-0.25, -0.2) is 13.4 Å². The quantitative estimate of drug-likeness (QED) is 0.797. The fraction of sp³-hybridized carbons (Fsp3) is 0.353. The Morgan fingerprint density at radius 1 is 1.12 bits per heavy atom. The van der Waals surface area contributed by atoms with Gasteiger partial charge in [0.1, 0.15) is 5.82 Å². The maximum atomic E-state index is 13.0. The number of halogens is 1. The molecule has 0 unspecified atom stereocenters. The summed E-state index contributed by atoms with van der Waals surface area (Å²) >= 11 is 3.35. The van der Waals surface area contributed by atoms with E-state index in [2.05, 4.69) is 31.1 Å². The predicted molar refractivity (Wildman–Crippen MR) is 102 cm³/mol. The number of hydrogen-bond acceptors (Lipinski definition) is 5. The zero-order chi connectivity index (χ0) is 17.9. The number of nitrogens with zero attached hydrogens (tertiary/aromatic N) is 3. The van der Waals surface area contributed by atoms with Crippen LogP contribution in [0.5, 0.6) is 0 Å². The van der Waals surface area contributed by atoms with E-state index in [1.54, 1.807) is 22.6 Å². The highest BCUT2D eigenvalue weighted by Crippen LogP contribution is 2.22. The second-order valence-electron chi connectivity index (χ2n) is 6.03. The van der Waals surface area contributed by atoms with Gasteiger partial charge < -0.3 is 10.2 Å². The van der Waals surface area contributed by atoms with Crippen LogP contribution < -0.4 is 5.32 Å². The average Bonchev–Trinajstić information content (AvgIpc) is 2.62. The molecule has 3 rings (SSSR count). The summed E-state index contributed by atoms with van der Waals surface area (Å²) in [6, 6.07) is 10.9. The molecule has 0 atom stereocenters. The number of likely N-dealkylation sites (N-methyl/N-ethyl adjacent to an activating group) is 1. The van der Waals surface area contributed by atoms with Crippen LogP contribution in [0.3, 0.4) is 0 Å². The van der Waals surface area contributed by atoms with E-state index in [0.717, 1.165) is 23.1 Å². The van der Waals surface area contributed by atoms with E-state index in [4.69, 9.17) is 0 Å². The summed E-state index contributed by atoms with van der Waals surface area (Å²) in [5.41, 5.74) is 0.742. The number of anilines is 1. The number of rotatable bonds is 5. The number of sulfonamides is 1. The van der Waals surface area contributed by atoms with Crippen molar-refractivity contribution < 1.29 is 8.42 Å². The molecule has 1 saturated heterocycles. The Hall–Kier alpha value is -1.48. The number of aromatic nitrogens is 1. The van der Waals surface area contributed by atoms with Gasteiger partial charge in [-0.3, -0.25) is 0 Å². The summed E-state index contributed by atoms with van der Waals surface area (Å²) in [6.45, 7) is 2.95. The van der Waals surface area contributed by atoms with Gasteiger partial charge in [0.25, 0.3) is 0 Å². The van der Waals surface area contributed by atoms with E-state index in [-0.39, 0.29) is 0 Å². The lowest BCUT2D eigenvalue weighted by Crippen LogP contribution is -2.47. The zero-order valence-corrected chi connectivity index (χ0v) is 16.4. The minimum Gasteiger partial charge on any atom is -0.366 e. The molecule has 1 aromatic heterocycles. The number of hydrogen-bond donors (Lipinski definition) is 1. The molecule has 0 aliphatic carbocycles. The van der Waals surface area contributed by atoms with Crippen LogP contribution in [0.2, 0.25) is 0 Å². The van der Waals surface area contributed by atoms with Gasteiger partial charge in [-0.1, -0.05) is 18.2 Å². The van der Waals surface area contributed by atoms with Gasteiger partial charge in [0.2, 0.25) is 10.0 Å². The van der Waals surface area contributed by atoms with Gasteiger partial charge in [0, 0.05) is 43.4 Å². The number of nitrogens with one attached hydrogen (secondary N) is 1. The van der Waals surface area contributed by atoms with Crippen LogP contribution in [0.4, 0.5) is 5.82 Å². The third kappa shape index (κ3) is 4.38. The van der Waals surface area contributed by atoms with Crippen molar-refractivity contribution in [2.75, 3.05) is 38.5 Å². The first-order chi connectivity index (χ1) is 12.0. The summed E-state index contributed by atoms with van der Waals surface area (Å²) in [7, 11) is -1.48. The summed E-state index contributed by atoms with van der Waals surface area (Å²) in [5.74, 6) is 0.704. The Labute approximate surface area is 157 Å². The molecule has 6 nitrogen and oxygen atoms in total. The van der Waals surface area contributed by atoms with E-state index >= 15 is 0 Å². The molecule has 1 aliphatic heterocycles. The number of benzene rings is 1. The Kier molecular flexibility index (Phi) is 5.73. The largest absolute Gasteiger partial charge is 0.366 e. The highest BCUT2D eigenvalue weighted by Gasteiger charge is 2.29. The molecule has 0 bridgehead atoms. The molecule has 1 aliphatic rings. The Morgan fingerprint density at radius 2 is 1.84 bits per heavy atom. The maximum absolute atomic E-state index is 13.0. The minimum absolute atomic E-state index is 0.365. The predicted octanol–water partition coefficient (Wildman–Crippen LogP) is 2.39. The highest BCUT2D eigenvalue weighted by molar-refractivity contribution is 9.10. The van der Waals surface area contributed by atoms with E-state index in [1.165, 1.54) is 0 Å². The van der Waals surface area contributed by atoms with Crippen molar-refractivity contribution >= 4 is 31.8 Å². The summed E-state index contributed by atoms with van der Waals surface area (Å²) in [5, 5.41) is 3.19. The Bertz CT molecular complexity index is 819. The van der Waals surface area contributed by atoms with E-state index in [0.29, 0.717) is 30.3 Å². The van der Waals surface area contributed by atoms with Crippen molar-refractivity contribution in [3.05, 3.63) is 52.6 Å². The average molecular weight is 425 g/mol. The van der Waals surface area contributed by atoms with Gasteiger partial charge >= 0.3 is 0 Å². The summed E-state index contributed by atoms with van der Waals surface area (Å²) in [4.78, 5) is 6.76. The molecule has 0 amide bonds. The molecular weight excluding hydrogens is 404 g/mol. The molecule has 0 radical (unpaired) electrons. The monoisotopic (exact) mass is 424 g/mol. The lowest BCUT2D eigenvalue weighted by molar-refractivity contribution is 0.222. The van der Waals surface area contributed by atoms with E-state index in [9.17, 15) is 8.42 Å². The minimum atomic E-state index is -3.49. The molecule has 25 heavy (non-hydrogen) atoms. The molecular formula is C17H21BrN4O2S. The van der Waals surface area contributed by atoms with Crippen molar-refractivity contribution in [1.82, 2.24) is 14.2 Å². The van der Waals surface area contributed by atoms with Crippen LogP contribution in [0.25, 0.3) is 0 Å². The zero-order valence-electron chi connectivity index (χ0n) is 14.0. The number of pyridine rings is 1. The van der Waals surface area contributed by atoms with Crippen molar-refractivity contribution in [2.45, 2.75) is 11.4 Å². The van der Waals surface area contributed by atoms with Crippen molar-refractivity contribution in [3.8, 4) is 0 Å². The molecule has 2 heterocycles. The molecule has 1 N–H and O–H groups in total. The molecule has 1 aromatic carbocycles. The normalized spacial score (nSPS) is 16.7. The Morgan fingerprint density at radius 3 is 2.52 bits per heavy atom. The molecule has 0 saturated carbocycles. The molecule has 0 spiro atoms. The summed E-state index contributed by atoms with van der Waals surface area (Å²) in [6.07, 6.45) is 1.70. The van der Waals surface area contributed by atoms with Gasteiger partial charge in [-0.2, -0.15) is 4.31 Å². The third-order valence-electron chi connectivity index (χ3n) is 4.24. The van der Waals surface area contributed by atoms with Gasteiger partial charge in [-0.05, 0) is 46.7 Å². The molecule has 134 valence electrons. The maximum Gasteiger partial charge on any atom is 0.243 e. The van der Waals surface area contributed by atoms with Crippen LogP contribution in [0, 0.1) is 0 Å². The Balaban J connectivity index is 1.79. The highest BCUT2D eigenvalue weighted by atomic mass is 79.9. The fourth-order valence-electron chi connectivity index (χ4n) is 2.74. The smallest absolute Gasteiger partial charge is 0.243 e. The van der Waals surface area contributed by atoms with Crippen LogP contribution in [0.1, 0.15) is 5.56 Å².